The Balaban J connectivity index is 1.83. The summed E-state index contributed by atoms with van der Waals surface area (Å²) in [7, 11) is 0. The number of hydrogen-bond acceptors (Lipinski definition) is 4. The van der Waals surface area contributed by atoms with Gasteiger partial charge < -0.3 is 14.8 Å². The van der Waals surface area contributed by atoms with Crippen LogP contribution in [-0.2, 0) is 13.1 Å². The first-order chi connectivity index (χ1) is 11.8. The van der Waals surface area contributed by atoms with Crippen molar-refractivity contribution in [1.29, 1.82) is 5.26 Å². The summed E-state index contributed by atoms with van der Waals surface area (Å²) in [6.45, 7) is 4.75. The molecule has 0 aliphatic carbocycles. The fraction of sp³-hybridized carbons (Fsp3) is 0.350. The SMILES string of the molecule is CCOc1ccccc1CNCc1cccc(OCCCC#N)c1. The van der Waals surface area contributed by atoms with Gasteiger partial charge in [0, 0.05) is 25.1 Å². The zero-order valence-corrected chi connectivity index (χ0v) is 14.1. The van der Waals surface area contributed by atoms with E-state index in [2.05, 4.69) is 23.5 Å². The molecule has 0 spiro atoms. The van der Waals surface area contributed by atoms with Crippen LogP contribution in [0.15, 0.2) is 48.5 Å². The summed E-state index contributed by atoms with van der Waals surface area (Å²) < 4.78 is 11.3. The van der Waals surface area contributed by atoms with E-state index < -0.39 is 0 Å². The first-order valence-corrected chi connectivity index (χ1v) is 8.33. The molecular weight excluding hydrogens is 300 g/mol. The Morgan fingerprint density at radius 2 is 1.92 bits per heavy atom. The number of unbranched alkanes of at least 4 members (excludes halogenated alkanes) is 1. The molecule has 0 saturated heterocycles. The van der Waals surface area contributed by atoms with E-state index in [1.54, 1.807) is 0 Å². The first-order valence-electron chi connectivity index (χ1n) is 8.33. The van der Waals surface area contributed by atoms with Crippen LogP contribution in [-0.4, -0.2) is 13.2 Å². The average molecular weight is 324 g/mol. The molecule has 2 rings (SSSR count). The minimum absolute atomic E-state index is 0.528. The lowest BCUT2D eigenvalue weighted by Gasteiger charge is -2.11. The second-order valence-corrected chi connectivity index (χ2v) is 5.40. The van der Waals surface area contributed by atoms with Crippen LogP contribution in [0.1, 0.15) is 30.9 Å². The average Bonchev–Trinajstić information content (AvgIpc) is 2.61. The Labute approximate surface area is 144 Å². The van der Waals surface area contributed by atoms with Gasteiger partial charge in [-0.15, -0.1) is 0 Å². The molecule has 0 unspecified atom stereocenters. The summed E-state index contributed by atoms with van der Waals surface area (Å²) >= 11 is 0. The number of nitriles is 1. The van der Waals surface area contributed by atoms with Gasteiger partial charge in [0.2, 0.25) is 0 Å². The van der Waals surface area contributed by atoms with Crippen LogP contribution in [0.2, 0.25) is 0 Å². The molecule has 1 N–H and O–H groups in total. The highest BCUT2D eigenvalue weighted by Gasteiger charge is 2.02. The third-order valence-electron chi connectivity index (χ3n) is 3.52. The van der Waals surface area contributed by atoms with Crippen molar-refractivity contribution in [3.63, 3.8) is 0 Å². The van der Waals surface area contributed by atoms with E-state index >= 15 is 0 Å². The number of hydrogen-bond donors (Lipinski definition) is 1. The quantitative estimate of drug-likeness (QED) is 0.670. The van der Waals surface area contributed by atoms with Gasteiger partial charge in [-0.3, -0.25) is 0 Å². The van der Waals surface area contributed by atoms with Crippen molar-refractivity contribution in [3.05, 3.63) is 59.7 Å². The highest BCUT2D eigenvalue weighted by Crippen LogP contribution is 2.18. The van der Waals surface area contributed by atoms with E-state index in [1.807, 2.05) is 43.3 Å². The van der Waals surface area contributed by atoms with Gasteiger partial charge in [-0.25, -0.2) is 0 Å². The predicted octanol–water partition coefficient (Wildman–Crippen LogP) is 4.06. The summed E-state index contributed by atoms with van der Waals surface area (Å²) in [6.07, 6.45) is 1.29. The van der Waals surface area contributed by atoms with Crippen molar-refractivity contribution in [2.45, 2.75) is 32.9 Å². The molecule has 24 heavy (non-hydrogen) atoms. The van der Waals surface area contributed by atoms with Gasteiger partial charge >= 0.3 is 0 Å². The van der Waals surface area contributed by atoms with Gasteiger partial charge in [0.1, 0.15) is 11.5 Å². The molecule has 4 nitrogen and oxygen atoms in total. The number of nitrogens with zero attached hydrogens (tertiary/aromatic N) is 1. The van der Waals surface area contributed by atoms with Crippen molar-refractivity contribution in [1.82, 2.24) is 5.32 Å². The topological polar surface area (TPSA) is 54.3 Å². The van der Waals surface area contributed by atoms with Crippen LogP contribution >= 0.6 is 0 Å². The van der Waals surface area contributed by atoms with Crippen molar-refractivity contribution in [2.75, 3.05) is 13.2 Å². The highest BCUT2D eigenvalue weighted by molar-refractivity contribution is 5.33. The summed E-state index contributed by atoms with van der Waals surface area (Å²) in [5, 5.41) is 12.0. The molecule has 0 fully saturated rings. The zero-order chi connectivity index (χ0) is 17.0. The number of nitrogens with one attached hydrogen (secondary N) is 1. The van der Waals surface area contributed by atoms with E-state index in [1.165, 1.54) is 5.56 Å². The maximum absolute atomic E-state index is 8.53. The largest absolute Gasteiger partial charge is 0.494 e. The van der Waals surface area contributed by atoms with Crippen molar-refractivity contribution in [2.24, 2.45) is 0 Å². The molecule has 4 heteroatoms. The molecule has 2 aromatic carbocycles. The van der Waals surface area contributed by atoms with E-state index in [4.69, 9.17) is 14.7 Å². The lowest BCUT2D eigenvalue weighted by Crippen LogP contribution is -2.13. The molecule has 126 valence electrons. The zero-order valence-electron chi connectivity index (χ0n) is 14.1. The Morgan fingerprint density at radius 1 is 1.04 bits per heavy atom. The Hall–Kier alpha value is -2.51. The standard InChI is InChI=1S/C20H24N2O2/c1-2-23-20-11-4-3-9-18(20)16-22-15-17-8-7-10-19(14-17)24-13-6-5-12-21/h3-4,7-11,14,22H,2,5-6,13,15-16H2,1H3. The van der Waals surface area contributed by atoms with Gasteiger partial charge in [0.15, 0.2) is 0 Å². The summed E-state index contributed by atoms with van der Waals surface area (Å²) in [6, 6.07) is 18.2. The molecule has 0 aliphatic rings. The van der Waals surface area contributed by atoms with Gasteiger partial charge in [0.25, 0.3) is 0 Å². The van der Waals surface area contributed by atoms with Crippen LogP contribution < -0.4 is 14.8 Å². The van der Waals surface area contributed by atoms with E-state index in [-0.39, 0.29) is 0 Å². The maximum Gasteiger partial charge on any atom is 0.123 e. The Bertz CT molecular complexity index is 665. The highest BCUT2D eigenvalue weighted by atomic mass is 16.5. The second-order valence-electron chi connectivity index (χ2n) is 5.40. The summed E-state index contributed by atoms with van der Waals surface area (Å²) in [5.41, 5.74) is 2.32. The molecule has 0 aliphatic heterocycles. The molecule has 0 saturated carbocycles. The van der Waals surface area contributed by atoms with Gasteiger partial charge in [-0.2, -0.15) is 5.26 Å². The summed E-state index contributed by atoms with van der Waals surface area (Å²) in [5.74, 6) is 1.78. The normalized spacial score (nSPS) is 10.2. The molecule has 0 amide bonds. The van der Waals surface area contributed by atoms with E-state index in [0.717, 1.165) is 36.6 Å². The van der Waals surface area contributed by atoms with Gasteiger partial charge in [-0.1, -0.05) is 30.3 Å². The number of para-hydroxylation sites is 1. The fourth-order valence-electron chi connectivity index (χ4n) is 2.37. The Kier molecular flexibility index (Phi) is 7.66. The number of benzene rings is 2. The van der Waals surface area contributed by atoms with Crippen LogP contribution in [0, 0.1) is 11.3 Å². The van der Waals surface area contributed by atoms with Crippen LogP contribution in [0.25, 0.3) is 0 Å². The van der Waals surface area contributed by atoms with Crippen LogP contribution in [0.5, 0.6) is 11.5 Å². The Morgan fingerprint density at radius 3 is 2.75 bits per heavy atom. The monoisotopic (exact) mass is 324 g/mol. The predicted molar refractivity (Wildman–Crippen MR) is 94.9 cm³/mol. The molecule has 0 aromatic heterocycles. The number of rotatable bonds is 10. The lowest BCUT2D eigenvalue weighted by molar-refractivity contribution is 0.312. The van der Waals surface area contributed by atoms with Gasteiger partial charge in [-0.05, 0) is 37.1 Å². The third kappa shape index (κ3) is 5.94. The summed E-state index contributed by atoms with van der Waals surface area (Å²) in [4.78, 5) is 0. The molecule has 0 atom stereocenters. The minimum atomic E-state index is 0.528. The molecule has 0 heterocycles. The van der Waals surface area contributed by atoms with Crippen LogP contribution in [0.3, 0.4) is 0 Å². The lowest BCUT2D eigenvalue weighted by atomic mass is 10.2. The third-order valence-corrected chi connectivity index (χ3v) is 3.52. The molecule has 0 bridgehead atoms. The first kappa shape index (κ1) is 17.8. The minimum Gasteiger partial charge on any atom is -0.494 e. The fourth-order valence-corrected chi connectivity index (χ4v) is 2.37. The van der Waals surface area contributed by atoms with Gasteiger partial charge in [0.05, 0.1) is 19.3 Å². The van der Waals surface area contributed by atoms with E-state index in [0.29, 0.717) is 19.6 Å². The smallest absolute Gasteiger partial charge is 0.123 e. The van der Waals surface area contributed by atoms with Crippen LogP contribution in [0.4, 0.5) is 0 Å². The van der Waals surface area contributed by atoms with E-state index in [9.17, 15) is 0 Å². The molecule has 0 radical (unpaired) electrons. The van der Waals surface area contributed by atoms with Crippen molar-refractivity contribution >= 4 is 0 Å². The van der Waals surface area contributed by atoms with Crippen molar-refractivity contribution < 1.29 is 9.47 Å². The number of ether oxygens (including phenoxy) is 2. The molecule has 2 aromatic rings. The maximum atomic E-state index is 8.53. The second kappa shape index (κ2) is 10.3. The van der Waals surface area contributed by atoms with Crippen molar-refractivity contribution in [3.8, 4) is 17.6 Å². The molecular formula is C20H24N2O2.